The molecule has 0 unspecified atom stereocenters. The maximum atomic E-state index is 5.99. The van der Waals surface area contributed by atoms with E-state index in [1.807, 2.05) is 49.4 Å². The maximum absolute atomic E-state index is 5.99. The predicted octanol–water partition coefficient (Wildman–Crippen LogP) is 3.27. The SMILES string of the molecule is Cc1ccccc1Nc1nc(N)nc(CSc2nnc(N3CCOCC3)n2Cc2ccccc2)n1. The van der Waals surface area contributed by atoms with Gasteiger partial charge in [-0.25, -0.2) is 0 Å². The van der Waals surface area contributed by atoms with Gasteiger partial charge in [-0.2, -0.15) is 15.0 Å². The van der Waals surface area contributed by atoms with Crippen LogP contribution in [0.3, 0.4) is 0 Å². The van der Waals surface area contributed by atoms with Gasteiger partial charge >= 0.3 is 0 Å². The summed E-state index contributed by atoms with van der Waals surface area (Å²) in [6.07, 6.45) is 0. The topological polar surface area (TPSA) is 120 Å². The number of nitrogen functional groups attached to an aromatic ring is 1. The van der Waals surface area contributed by atoms with Gasteiger partial charge in [0.1, 0.15) is 5.82 Å². The number of aromatic nitrogens is 6. The highest BCUT2D eigenvalue weighted by molar-refractivity contribution is 7.98. The number of nitrogens with one attached hydrogen (secondary N) is 1. The number of anilines is 4. The fourth-order valence-corrected chi connectivity index (χ4v) is 4.60. The van der Waals surface area contributed by atoms with E-state index >= 15 is 0 Å². The second kappa shape index (κ2) is 10.7. The van der Waals surface area contributed by atoms with Crippen molar-refractivity contribution in [3.63, 3.8) is 0 Å². The van der Waals surface area contributed by atoms with Crippen molar-refractivity contribution in [1.29, 1.82) is 0 Å². The third-order valence-corrected chi connectivity index (χ3v) is 6.56. The van der Waals surface area contributed by atoms with Crippen molar-refractivity contribution >= 4 is 35.3 Å². The Kier molecular flexibility index (Phi) is 7.05. The quantitative estimate of drug-likeness (QED) is 0.357. The molecule has 0 bridgehead atoms. The highest BCUT2D eigenvalue weighted by Crippen LogP contribution is 2.27. The number of ether oxygens (including phenoxy) is 1. The summed E-state index contributed by atoms with van der Waals surface area (Å²) >= 11 is 1.53. The van der Waals surface area contributed by atoms with Crippen LogP contribution in [-0.2, 0) is 17.0 Å². The lowest BCUT2D eigenvalue weighted by Gasteiger charge is -2.28. The number of nitrogens with zero attached hydrogens (tertiary/aromatic N) is 7. The molecule has 35 heavy (non-hydrogen) atoms. The monoisotopic (exact) mass is 489 g/mol. The van der Waals surface area contributed by atoms with E-state index < -0.39 is 0 Å². The lowest BCUT2D eigenvalue weighted by molar-refractivity contribution is 0.121. The smallest absolute Gasteiger partial charge is 0.232 e. The standard InChI is InChI=1S/C24H27N9OS/c1-17-7-5-6-10-19(17)26-22-28-20(27-21(25)29-22)16-35-24-31-30-23(32-11-13-34-14-12-32)33(24)15-18-8-3-2-4-9-18/h2-10H,11-16H2,1H3,(H3,25,26,27,28,29). The Hall–Kier alpha value is -3.70. The van der Waals surface area contributed by atoms with Crippen LogP contribution >= 0.6 is 11.8 Å². The summed E-state index contributed by atoms with van der Waals surface area (Å²) in [4.78, 5) is 15.4. The number of nitrogens with two attached hydrogens (primary N) is 1. The second-order valence-corrected chi connectivity index (χ2v) is 9.06. The van der Waals surface area contributed by atoms with Crippen LogP contribution in [0.15, 0.2) is 59.8 Å². The molecule has 2 aromatic carbocycles. The second-order valence-electron chi connectivity index (χ2n) is 8.12. The molecule has 0 atom stereocenters. The average Bonchev–Trinajstić information content (AvgIpc) is 3.27. The van der Waals surface area contributed by atoms with Crippen molar-refractivity contribution in [3.05, 3.63) is 71.5 Å². The van der Waals surface area contributed by atoms with E-state index in [0.717, 1.165) is 35.4 Å². The lowest BCUT2D eigenvalue weighted by atomic mass is 10.2. The Bertz CT molecular complexity index is 1280. The van der Waals surface area contributed by atoms with E-state index in [0.29, 0.717) is 37.3 Å². The number of rotatable bonds is 8. The minimum atomic E-state index is 0.173. The number of aryl methyl sites for hydroxylation is 1. The first kappa shape index (κ1) is 23.1. The van der Waals surface area contributed by atoms with Crippen molar-refractivity contribution in [2.24, 2.45) is 0 Å². The molecule has 10 nitrogen and oxygen atoms in total. The predicted molar refractivity (Wildman–Crippen MR) is 137 cm³/mol. The number of para-hydroxylation sites is 1. The van der Waals surface area contributed by atoms with Crippen LogP contribution in [0.5, 0.6) is 0 Å². The Morgan fingerprint density at radius 3 is 2.54 bits per heavy atom. The molecular formula is C24H27N9OS. The average molecular weight is 490 g/mol. The first-order chi connectivity index (χ1) is 17.2. The van der Waals surface area contributed by atoms with E-state index in [1.165, 1.54) is 17.3 Å². The van der Waals surface area contributed by atoms with Crippen molar-refractivity contribution < 1.29 is 4.74 Å². The first-order valence-electron chi connectivity index (χ1n) is 11.4. The van der Waals surface area contributed by atoms with Gasteiger partial charge in [0.05, 0.1) is 25.5 Å². The summed E-state index contributed by atoms with van der Waals surface area (Å²) in [6, 6.07) is 18.2. The van der Waals surface area contributed by atoms with E-state index in [4.69, 9.17) is 10.5 Å². The number of morpholine rings is 1. The molecular weight excluding hydrogens is 462 g/mol. The molecule has 4 aromatic rings. The fourth-order valence-electron chi connectivity index (χ4n) is 3.81. The van der Waals surface area contributed by atoms with Crippen molar-refractivity contribution in [3.8, 4) is 0 Å². The van der Waals surface area contributed by atoms with E-state index in [1.54, 1.807) is 0 Å². The van der Waals surface area contributed by atoms with Gasteiger partial charge in [-0.3, -0.25) is 4.57 Å². The molecule has 1 aliphatic heterocycles. The third kappa shape index (κ3) is 5.69. The molecule has 0 amide bonds. The van der Waals surface area contributed by atoms with Gasteiger partial charge in [-0.15, -0.1) is 10.2 Å². The number of hydrogen-bond donors (Lipinski definition) is 2. The third-order valence-electron chi connectivity index (χ3n) is 5.60. The largest absolute Gasteiger partial charge is 0.378 e. The molecule has 1 fully saturated rings. The van der Waals surface area contributed by atoms with Crippen LogP contribution in [0.1, 0.15) is 17.0 Å². The molecule has 2 aromatic heterocycles. The Morgan fingerprint density at radius 1 is 0.971 bits per heavy atom. The zero-order valence-electron chi connectivity index (χ0n) is 19.5. The number of benzene rings is 2. The summed E-state index contributed by atoms with van der Waals surface area (Å²) in [5.74, 6) is 2.48. The lowest BCUT2D eigenvalue weighted by Crippen LogP contribution is -2.38. The van der Waals surface area contributed by atoms with Gasteiger partial charge in [0, 0.05) is 18.8 Å². The summed E-state index contributed by atoms with van der Waals surface area (Å²) in [7, 11) is 0. The van der Waals surface area contributed by atoms with Crippen LogP contribution in [0.2, 0.25) is 0 Å². The molecule has 1 saturated heterocycles. The van der Waals surface area contributed by atoms with Crippen LogP contribution in [0.25, 0.3) is 0 Å². The zero-order chi connectivity index (χ0) is 24.0. The summed E-state index contributed by atoms with van der Waals surface area (Å²) in [5, 5.41) is 13.1. The van der Waals surface area contributed by atoms with Gasteiger partial charge < -0.3 is 20.7 Å². The molecule has 0 radical (unpaired) electrons. The molecule has 0 saturated carbocycles. The summed E-state index contributed by atoms with van der Waals surface area (Å²) in [6.45, 7) is 5.63. The molecule has 0 spiro atoms. The normalized spacial score (nSPS) is 13.7. The van der Waals surface area contributed by atoms with Gasteiger partial charge in [0.25, 0.3) is 0 Å². The molecule has 1 aliphatic rings. The van der Waals surface area contributed by atoms with Crippen molar-refractivity contribution in [2.75, 3.05) is 42.3 Å². The van der Waals surface area contributed by atoms with Gasteiger partial charge in [0.15, 0.2) is 5.16 Å². The summed E-state index contributed by atoms with van der Waals surface area (Å²) in [5.41, 5.74) is 9.18. The van der Waals surface area contributed by atoms with Gasteiger partial charge in [0.2, 0.25) is 17.8 Å². The fraction of sp³-hybridized carbons (Fsp3) is 0.292. The maximum Gasteiger partial charge on any atom is 0.232 e. The minimum Gasteiger partial charge on any atom is -0.378 e. The van der Waals surface area contributed by atoms with Gasteiger partial charge in [-0.1, -0.05) is 60.3 Å². The molecule has 3 heterocycles. The van der Waals surface area contributed by atoms with Crippen molar-refractivity contribution in [2.45, 2.75) is 24.4 Å². The number of thioether (sulfide) groups is 1. The van der Waals surface area contributed by atoms with Crippen molar-refractivity contribution in [1.82, 2.24) is 29.7 Å². The Balaban J connectivity index is 1.36. The molecule has 0 aliphatic carbocycles. The van der Waals surface area contributed by atoms with Crippen LogP contribution in [-0.4, -0.2) is 56.0 Å². The van der Waals surface area contributed by atoms with Gasteiger partial charge in [-0.05, 0) is 24.1 Å². The highest BCUT2D eigenvalue weighted by atomic mass is 32.2. The Morgan fingerprint density at radius 2 is 1.74 bits per heavy atom. The van der Waals surface area contributed by atoms with Crippen LogP contribution in [0, 0.1) is 6.92 Å². The molecule has 3 N–H and O–H groups in total. The van der Waals surface area contributed by atoms with E-state index in [9.17, 15) is 0 Å². The van der Waals surface area contributed by atoms with Crippen LogP contribution in [0.4, 0.5) is 23.5 Å². The first-order valence-corrected chi connectivity index (χ1v) is 12.4. The summed E-state index contributed by atoms with van der Waals surface area (Å²) < 4.78 is 7.66. The zero-order valence-corrected chi connectivity index (χ0v) is 20.3. The highest BCUT2D eigenvalue weighted by Gasteiger charge is 2.21. The molecule has 5 rings (SSSR count). The molecule has 11 heteroatoms. The molecule has 180 valence electrons. The van der Waals surface area contributed by atoms with Crippen LogP contribution < -0.4 is 16.0 Å². The minimum absolute atomic E-state index is 0.173. The Labute approximate surface area is 208 Å². The van der Waals surface area contributed by atoms with E-state index in [-0.39, 0.29) is 5.95 Å². The number of hydrogen-bond acceptors (Lipinski definition) is 10. The van der Waals surface area contributed by atoms with E-state index in [2.05, 4.69) is 52.1 Å².